The fraction of sp³-hybridized carbons (Fsp3) is 0.0526. The summed E-state index contributed by atoms with van der Waals surface area (Å²) in [6, 6.07) is 173. The average Bonchev–Trinajstić information content (AvgIpc) is 1.44. The van der Waals surface area contributed by atoms with Crippen LogP contribution in [0.5, 0.6) is 23.0 Å². The van der Waals surface area contributed by atoms with Gasteiger partial charge in [0.2, 0.25) is 13.4 Å². The van der Waals surface area contributed by atoms with E-state index in [1.807, 2.05) is 0 Å². The van der Waals surface area contributed by atoms with Crippen LogP contribution in [0.1, 0.15) is 55.5 Å². The first-order chi connectivity index (χ1) is 68.4. The van der Waals surface area contributed by atoms with Gasteiger partial charge in [-0.3, -0.25) is 0 Å². The molecule has 4 aliphatic rings. The minimum atomic E-state index is -0.235. The molecule has 24 aromatic rings. The first-order valence-electron chi connectivity index (χ1n) is 48.6. The van der Waals surface area contributed by atoms with Crippen LogP contribution in [-0.4, -0.2) is 13.4 Å². The van der Waals surface area contributed by atoms with E-state index >= 15 is 0 Å². The molecule has 6 heteroatoms. The van der Waals surface area contributed by atoms with E-state index in [0.29, 0.717) is 0 Å². The summed E-state index contributed by atoms with van der Waals surface area (Å²) < 4.78 is 14.3. The van der Waals surface area contributed by atoms with Crippen molar-refractivity contribution in [2.24, 2.45) is 0 Å². The number of hydrogen-bond acceptors (Lipinski definition) is 4. The van der Waals surface area contributed by atoms with Crippen molar-refractivity contribution in [1.29, 1.82) is 0 Å². The Labute approximate surface area is 809 Å². The molecule has 652 valence electrons. The molecule has 0 saturated carbocycles. The molecule has 0 amide bonds. The molecule has 0 saturated heterocycles. The zero-order valence-electron chi connectivity index (χ0n) is 77.8. The SMILES string of the molecule is CC1(C)c2ccccc2-c2cccc(N(c3ccc4c(c3)Oc3cccc5c3c-4cc3c4ccccc4c(B(c4ccccc4)c4cccc6ccccc46)cc53)c3ccccc3-c3ccccc3)c21.Cc1ccccc1B(c1cccc2ccccc12)c1cc2c3cccc4c3c(cc2c2ccccc12)-c1ccc(N(c2ccc3ccccc3c2)c2cccc3c2C(C)(C)c2ccccc2-3)cc1O4. The number of aryl methyl sites for hydroxylation is 1. The lowest BCUT2D eigenvalue weighted by Crippen LogP contribution is -2.53. The van der Waals surface area contributed by atoms with Gasteiger partial charge < -0.3 is 19.3 Å². The largest absolute Gasteiger partial charge is 0.456 e. The van der Waals surface area contributed by atoms with E-state index < -0.39 is 0 Å². The molecule has 0 spiro atoms. The molecule has 2 heterocycles. The van der Waals surface area contributed by atoms with Gasteiger partial charge in [-0.1, -0.05) is 442 Å². The van der Waals surface area contributed by atoms with Crippen LogP contribution >= 0.6 is 0 Å². The molecule has 28 rings (SSSR count). The van der Waals surface area contributed by atoms with Gasteiger partial charge in [0.1, 0.15) is 23.0 Å². The molecular formula is C133H92B2N2O2. The summed E-state index contributed by atoms with van der Waals surface area (Å²) in [5, 5.41) is 22.1. The van der Waals surface area contributed by atoms with Crippen molar-refractivity contribution in [3.05, 3.63) is 495 Å². The van der Waals surface area contributed by atoms with Crippen LogP contribution < -0.4 is 52.1 Å². The number of hydrogen-bond donors (Lipinski definition) is 0. The Hall–Kier alpha value is -17.1. The maximum absolute atomic E-state index is 7.19. The van der Waals surface area contributed by atoms with E-state index in [1.165, 1.54) is 191 Å². The molecule has 0 fully saturated rings. The van der Waals surface area contributed by atoms with E-state index in [-0.39, 0.29) is 24.3 Å². The Morgan fingerprint density at radius 3 is 1.16 bits per heavy atom. The Bertz CT molecular complexity index is 9270. The highest BCUT2D eigenvalue weighted by Crippen LogP contribution is 2.60. The second kappa shape index (κ2) is 32.1. The monoisotopic (exact) mass is 1770 g/mol. The average molecular weight is 1770 g/mol. The lowest BCUT2D eigenvalue weighted by atomic mass is 9.35. The second-order valence-corrected chi connectivity index (χ2v) is 39.1. The van der Waals surface area contributed by atoms with Crippen LogP contribution in [0.25, 0.3) is 153 Å². The number of benzene rings is 24. The first-order valence-corrected chi connectivity index (χ1v) is 48.6. The van der Waals surface area contributed by atoms with Gasteiger partial charge in [-0.15, -0.1) is 0 Å². The van der Waals surface area contributed by atoms with Crippen LogP contribution in [0.15, 0.2) is 467 Å². The highest BCUT2D eigenvalue weighted by atomic mass is 16.5. The molecule has 0 atom stereocenters. The number of nitrogens with zero attached hydrogens (tertiary/aromatic N) is 2. The van der Waals surface area contributed by atoms with Crippen molar-refractivity contribution in [3.8, 4) is 78.6 Å². The van der Waals surface area contributed by atoms with Crippen LogP contribution in [-0.2, 0) is 10.8 Å². The van der Waals surface area contributed by atoms with Crippen LogP contribution in [0.3, 0.4) is 0 Å². The van der Waals surface area contributed by atoms with Gasteiger partial charge in [-0.25, -0.2) is 0 Å². The lowest BCUT2D eigenvalue weighted by Gasteiger charge is -2.34. The molecule has 0 N–H and O–H groups in total. The maximum atomic E-state index is 7.19. The van der Waals surface area contributed by atoms with Gasteiger partial charge in [-0.2, -0.15) is 0 Å². The molecule has 0 bridgehead atoms. The standard InChI is InChI=1S/C67H46BNO.C66H46BNO/c1-67(2)58-33-15-13-29-50(58)54-32-18-36-62(66(54)67)69(61-35-16-14-27-48(61)44-20-5-3-6-21-44)46-38-39-52-57-41-55-49-28-11-12-30-51(49)60(42-56(55)53-31-19-37-63(65(53)57)70-64(52)40-46)68(45-24-7-4-8-25-45)59-34-17-23-43-22-9-10-26-47(43)59;1-41-17-4-13-29-58(41)67(59-30-14-21-43-19-7-8-22-47(43)59)60-40-55-52-26-16-32-62-64(52)56(39-54(55)48-23-9-10-25-50(48)60)51-36-35-46(38-63(51)69-62)68(45-34-33-42-18-5-6-20-44(42)37-45)61-31-15-27-53-49-24-11-12-28-57(49)66(2,3)65(53)61/h3-42H,1-2H3;4-40H,1-3H3. The molecular weight excluding hydrogens is 1680 g/mol. The number of fused-ring (bicyclic) bond motifs is 21. The van der Waals surface area contributed by atoms with Gasteiger partial charge in [0.25, 0.3) is 0 Å². The molecule has 0 aromatic heterocycles. The number of ether oxygens (including phenoxy) is 2. The van der Waals surface area contributed by atoms with Crippen LogP contribution in [0.4, 0.5) is 34.1 Å². The Kier molecular flexibility index (Phi) is 18.8. The van der Waals surface area contributed by atoms with E-state index in [4.69, 9.17) is 9.47 Å². The molecule has 0 radical (unpaired) electrons. The summed E-state index contributed by atoms with van der Waals surface area (Å²) in [6.07, 6.45) is 0. The Morgan fingerprint density at radius 1 is 0.209 bits per heavy atom. The zero-order valence-corrected chi connectivity index (χ0v) is 77.8. The van der Waals surface area contributed by atoms with Gasteiger partial charge in [-0.05, 0) is 233 Å². The summed E-state index contributed by atoms with van der Waals surface area (Å²) >= 11 is 0. The summed E-state index contributed by atoms with van der Waals surface area (Å²) in [7, 11) is 0. The van der Waals surface area contributed by atoms with Crippen molar-refractivity contribution in [2.75, 3.05) is 9.80 Å². The summed E-state index contributed by atoms with van der Waals surface area (Å²) in [6.45, 7) is 11.8. The minimum Gasteiger partial charge on any atom is -0.456 e. The van der Waals surface area contributed by atoms with E-state index in [9.17, 15) is 0 Å². The minimum absolute atomic E-state index is 0.00312. The third kappa shape index (κ3) is 12.8. The summed E-state index contributed by atoms with van der Waals surface area (Å²) in [5.41, 5.74) is 32.7. The van der Waals surface area contributed by atoms with E-state index in [0.717, 1.165) is 78.9 Å². The lowest BCUT2D eigenvalue weighted by molar-refractivity contribution is 0.487. The number of rotatable bonds is 13. The van der Waals surface area contributed by atoms with Crippen LogP contribution in [0.2, 0.25) is 0 Å². The normalized spacial score (nSPS) is 13.0. The quantitative estimate of drug-likeness (QED) is 0.0848. The van der Waals surface area contributed by atoms with Gasteiger partial charge in [0.15, 0.2) is 0 Å². The number of para-hydroxylation sites is 1. The third-order valence-corrected chi connectivity index (χ3v) is 30.8. The van der Waals surface area contributed by atoms with E-state index in [2.05, 4.69) is 512 Å². The molecule has 4 nitrogen and oxygen atoms in total. The molecule has 2 aliphatic carbocycles. The molecule has 24 aromatic carbocycles. The van der Waals surface area contributed by atoms with Crippen molar-refractivity contribution in [3.63, 3.8) is 0 Å². The highest BCUT2D eigenvalue weighted by Gasteiger charge is 2.43. The molecule has 2 aliphatic heterocycles. The van der Waals surface area contributed by atoms with Crippen molar-refractivity contribution >= 4 is 177 Å². The Balaban J connectivity index is 0.000000140. The third-order valence-electron chi connectivity index (χ3n) is 30.8. The predicted octanol–water partition coefficient (Wildman–Crippen LogP) is 31.9. The molecule has 139 heavy (non-hydrogen) atoms. The van der Waals surface area contributed by atoms with E-state index in [1.54, 1.807) is 0 Å². The van der Waals surface area contributed by atoms with Crippen LogP contribution in [0, 0.1) is 6.92 Å². The number of anilines is 6. The summed E-state index contributed by atoms with van der Waals surface area (Å²) in [5.74, 6) is 3.44. The molecule has 0 unspecified atom stereocenters. The predicted molar refractivity (Wildman–Crippen MR) is 591 cm³/mol. The smallest absolute Gasteiger partial charge is 0.243 e. The van der Waals surface area contributed by atoms with Crippen molar-refractivity contribution in [2.45, 2.75) is 45.4 Å². The van der Waals surface area contributed by atoms with Crippen molar-refractivity contribution in [1.82, 2.24) is 0 Å². The maximum Gasteiger partial charge on any atom is 0.243 e. The topological polar surface area (TPSA) is 24.9 Å². The summed E-state index contributed by atoms with van der Waals surface area (Å²) in [4.78, 5) is 4.93. The fourth-order valence-electron chi connectivity index (χ4n) is 24.6. The van der Waals surface area contributed by atoms with Crippen molar-refractivity contribution < 1.29 is 9.47 Å². The van der Waals surface area contributed by atoms with Gasteiger partial charge in [0, 0.05) is 67.5 Å². The van der Waals surface area contributed by atoms with Gasteiger partial charge in [0.05, 0.1) is 17.1 Å². The highest BCUT2D eigenvalue weighted by molar-refractivity contribution is 6.99. The zero-order chi connectivity index (χ0) is 92.5. The fourth-order valence-corrected chi connectivity index (χ4v) is 24.6. The second-order valence-electron chi connectivity index (χ2n) is 39.1. The first kappa shape index (κ1) is 81.5. The Morgan fingerprint density at radius 2 is 0.590 bits per heavy atom. The van der Waals surface area contributed by atoms with Gasteiger partial charge >= 0.3 is 0 Å².